The molecule has 3 rings (SSSR count). The molecule has 3 aromatic rings. The first kappa shape index (κ1) is 13.8. The highest BCUT2D eigenvalue weighted by Gasteiger charge is 2.07. The third-order valence-corrected chi connectivity index (χ3v) is 3.69. The molecule has 0 aliphatic heterocycles. The van der Waals surface area contributed by atoms with E-state index in [0.717, 1.165) is 33.6 Å². The summed E-state index contributed by atoms with van der Waals surface area (Å²) in [6.45, 7) is 2.94. The summed E-state index contributed by atoms with van der Waals surface area (Å²) < 4.78 is 3.14. The highest BCUT2D eigenvalue weighted by molar-refractivity contribution is 9.10. The van der Waals surface area contributed by atoms with Gasteiger partial charge < -0.3 is 4.57 Å². The quantitative estimate of drug-likeness (QED) is 0.568. The number of fused-ring (bicyclic) bond motifs is 1. The zero-order chi connectivity index (χ0) is 14.7. The summed E-state index contributed by atoms with van der Waals surface area (Å²) in [4.78, 5) is 4.56. The van der Waals surface area contributed by atoms with Crippen molar-refractivity contribution in [1.29, 1.82) is 0 Å². The molecular formula is C16H15BrN4. The number of nitrogens with one attached hydrogen (secondary N) is 1. The lowest BCUT2D eigenvalue weighted by Crippen LogP contribution is -2.01. The number of aryl methyl sites for hydroxylation is 1. The van der Waals surface area contributed by atoms with E-state index in [4.69, 9.17) is 0 Å². The third-order valence-electron chi connectivity index (χ3n) is 3.20. The third kappa shape index (κ3) is 2.97. The number of anilines is 1. The molecule has 0 bridgehead atoms. The van der Waals surface area contributed by atoms with Crippen molar-refractivity contribution in [2.24, 2.45) is 5.10 Å². The number of para-hydroxylation sites is 2. The number of hydrazone groups is 1. The van der Waals surface area contributed by atoms with Crippen LogP contribution < -0.4 is 5.43 Å². The number of halogens is 1. The number of hydrogen-bond acceptors (Lipinski definition) is 3. The molecule has 5 heteroatoms. The van der Waals surface area contributed by atoms with Gasteiger partial charge in [-0.1, -0.05) is 40.2 Å². The Balaban J connectivity index is 1.85. The van der Waals surface area contributed by atoms with Gasteiger partial charge in [-0.2, -0.15) is 5.10 Å². The van der Waals surface area contributed by atoms with Gasteiger partial charge in [0.15, 0.2) is 0 Å². The Morgan fingerprint density at radius 2 is 2.10 bits per heavy atom. The first-order valence-electron chi connectivity index (χ1n) is 6.78. The molecule has 1 heterocycles. The van der Waals surface area contributed by atoms with Crippen LogP contribution in [0.5, 0.6) is 0 Å². The largest absolute Gasteiger partial charge is 0.309 e. The Labute approximate surface area is 131 Å². The molecule has 0 aliphatic carbocycles. The van der Waals surface area contributed by atoms with Gasteiger partial charge >= 0.3 is 0 Å². The monoisotopic (exact) mass is 342 g/mol. The first-order chi connectivity index (χ1) is 10.3. The molecule has 0 fully saturated rings. The molecule has 2 aromatic carbocycles. The van der Waals surface area contributed by atoms with Crippen molar-refractivity contribution in [2.45, 2.75) is 13.5 Å². The first-order valence-corrected chi connectivity index (χ1v) is 7.57. The molecule has 0 unspecified atom stereocenters. The minimum Gasteiger partial charge on any atom is -0.309 e. The molecule has 0 spiro atoms. The van der Waals surface area contributed by atoms with E-state index >= 15 is 0 Å². The Morgan fingerprint density at radius 1 is 1.24 bits per heavy atom. The van der Waals surface area contributed by atoms with E-state index < -0.39 is 0 Å². The number of hydrogen-bond donors (Lipinski definition) is 1. The number of rotatable bonds is 4. The van der Waals surface area contributed by atoms with E-state index in [-0.39, 0.29) is 0 Å². The Bertz CT molecular complexity index is 792. The summed E-state index contributed by atoms with van der Waals surface area (Å²) >= 11 is 3.45. The van der Waals surface area contributed by atoms with Crippen LogP contribution in [0.1, 0.15) is 12.5 Å². The average Bonchev–Trinajstić information content (AvgIpc) is 2.84. The molecule has 1 N–H and O–H groups in total. The van der Waals surface area contributed by atoms with Crippen LogP contribution in [-0.4, -0.2) is 15.8 Å². The average molecular weight is 343 g/mol. The molecule has 1 aromatic heterocycles. The highest BCUT2D eigenvalue weighted by atomic mass is 79.9. The van der Waals surface area contributed by atoms with Crippen molar-refractivity contribution in [3.8, 4) is 0 Å². The Kier molecular flexibility index (Phi) is 4.01. The summed E-state index contributed by atoms with van der Waals surface area (Å²) in [5.74, 6) is 0.755. The van der Waals surface area contributed by atoms with Crippen molar-refractivity contribution in [3.63, 3.8) is 0 Å². The van der Waals surface area contributed by atoms with Gasteiger partial charge in [0.1, 0.15) is 0 Å². The predicted octanol–water partition coefficient (Wildman–Crippen LogP) is 4.26. The van der Waals surface area contributed by atoms with E-state index in [2.05, 4.69) is 49.0 Å². The summed E-state index contributed by atoms with van der Waals surface area (Å²) in [6.07, 6.45) is 1.78. The van der Waals surface area contributed by atoms with Crippen LogP contribution in [0.25, 0.3) is 11.0 Å². The minimum atomic E-state index is 0.755. The zero-order valence-electron chi connectivity index (χ0n) is 11.6. The van der Waals surface area contributed by atoms with Crippen LogP contribution in [0.2, 0.25) is 0 Å². The maximum Gasteiger partial charge on any atom is 0.224 e. The van der Waals surface area contributed by atoms with Gasteiger partial charge in [0.25, 0.3) is 0 Å². The smallest absolute Gasteiger partial charge is 0.224 e. The second-order valence-electron chi connectivity index (χ2n) is 4.59. The summed E-state index contributed by atoms with van der Waals surface area (Å²) in [7, 11) is 0. The lowest BCUT2D eigenvalue weighted by molar-refractivity contribution is 0.791. The second kappa shape index (κ2) is 6.10. The SMILES string of the molecule is CCn1c(N/N=C\c2cccc(Br)c2)nc2ccccc21. The van der Waals surface area contributed by atoms with E-state index in [0.29, 0.717) is 0 Å². The van der Waals surface area contributed by atoms with Crippen molar-refractivity contribution in [1.82, 2.24) is 9.55 Å². The second-order valence-corrected chi connectivity index (χ2v) is 5.51. The maximum atomic E-state index is 4.56. The van der Waals surface area contributed by atoms with Crippen molar-refractivity contribution in [2.75, 3.05) is 5.43 Å². The number of aromatic nitrogens is 2. The van der Waals surface area contributed by atoms with Crippen LogP contribution in [0.3, 0.4) is 0 Å². The number of benzene rings is 2. The van der Waals surface area contributed by atoms with Crippen molar-refractivity contribution >= 4 is 39.1 Å². The van der Waals surface area contributed by atoms with Crippen LogP contribution in [0.15, 0.2) is 58.1 Å². The fourth-order valence-corrected chi connectivity index (χ4v) is 2.65. The van der Waals surface area contributed by atoms with Crippen molar-refractivity contribution < 1.29 is 0 Å². The Hall–Kier alpha value is -2.14. The number of imidazole rings is 1. The van der Waals surface area contributed by atoms with Crippen LogP contribution >= 0.6 is 15.9 Å². The standard InChI is InChI=1S/C16H15BrN4/c1-2-21-15-9-4-3-8-14(15)19-16(21)20-18-11-12-6-5-7-13(17)10-12/h3-11H,2H2,1H3,(H,19,20)/b18-11-. The van der Waals surface area contributed by atoms with Gasteiger partial charge in [-0.15, -0.1) is 0 Å². The lowest BCUT2D eigenvalue weighted by atomic mass is 10.2. The van der Waals surface area contributed by atoms with Crippen molar-refractivity contribution in [3.05, 3.63) is 58.6 Å². The van der Waals surface area contributed by atoms with E-state index in [1.54, 1.807) is 6.21 Å². The predicted molar refractivity (Wildman–Crippen MR) is 90.8 cm³/mol. The van der Waals surface area contributed by atoms with Gasteiger partial charge in [0.2, 0.25) is 5.95 Å². The molecule has 0 saturated heterocycles. The van der Waals surface area contributed by atoms with Gasteiger partial charge in [-0.25, -0.2) is 10.4 Å². The van der Waals surface area contributed by atoms with E-state index in [1.165, 1.54) is 0 Å². The van der Waals surface area contributed by atoms with Gasteiger partial charge in [-0.3, -0.25) is 0 Å². The van der Waals surface area contributed by atoms with Crippen LogP contribution in [0, 0.1) is 0 Å². The number of nitrogens with zero attached hydrogens (tertiary/aromatic N) is 3. The molecule has 0 aliphatic rings. The van der Waals surface area contributed by atoms with E-state index in [9.17, 15) is 0 Å². The van der Waals surface area contributed by atoms with Crippen LogP contribution in [-0.2, 0) is 6.54 Å². The normalized spacial score (nSPS) is 11.3. The highest BCUT2D eigenvalue weighted by Crippen LogP contribution is 2.19. The van der Waals surface area contributed by atoms with Gasteiger partial charge in [-0.05, 0) is 36.8 Å². The lowest BCUT2D eigenvalue weighted by Gasteiger charge is -2.04. The maximum absolute atomic E-state index is 4.56. The molecule has 106 valence electrons. The zero-order valence-corrected chi connectivity index (χ0v) is 13.2. The molecular weight excluding hydrogens is 328 g/mol. The van der Waals surface area contributed by atoms with Crippen LogP contribution in [0.4, 0.5) is 5.95 Å². The molecule has 0 amide bonds. The van der Waals surface area contributed by atoms with Gasteiger partial charge in [0.05, 0.1) is 17.2 Å². The van der Waals surface area contributed by atoms with E-state index in [1.807, 2.05) is 42.5 Å². The summed E-state index contributed by atoms with van der Waals surface area (Å²) in [6, 6.07) is 16.1. The molecule has 0 radical (unpaired) electrons. The Morgan fingerprint density at radius 3 is 2.90 bits per heavy atom. The summed E-state index contributed by atoms with van der Waals surface area (Å²) in [5.41, 5.74) is 6.13. The molecule has 4 nitrogen and oxygen atoms in total. The topological polar surface area (TPSA) is 42.2 Å². The molecule has 0 atom stereocenters. The van der Waals surface area contributed by atoms with Gasteiger partial charge in [0, 0.05) is 11.0 Å². The minimum absolute atomic E-state index is 0.755. The molecule has 21 heavy (non-hydrogen) atoms. The fourth-order valence-electron chi connectivity index (χ4n) is 2.23. The fraction of sp³-hybridized carbons (Fsp3) is 0.125. The molecule has 0 saturated carbocycles. The summed E-state index contributed by atoms with van der Waals surface area (Å²) in [5, 5.41) is 4.28.